The van der Waals surface area contributed by atoms with E-state index in [1.54, 1.807) is 0 Å². The van der Waals surface area contributed by atoms with E-state index in [0.29, 0.717) is 5.52 Å². The fourth-order valence-electron chi connectivity index (χ4n) is 2.29. The van der Waals surface area contributed by atoms with Crippen molar-refractivity contribution in [2.24, 2.45) is 7.05 Å². The normalized spacial score (nSPS) is 11.8. The number of aromatic amines is 1. The molecule has 0 aliphatic carbocycles. The maximum Gasteiger partial charge on any atom is 0.416 e. The molecule has 8 heteroatoms. The minimum absolute atomic E-state index is 0.0537. The van der Waals surface area contributed by atoms with Crippen molar-refractivity contribution in [3.63, 3.8) is 0 Å². The number of halogens is 3. The van der Waals surface area contributed by atoms with Crippen molar-refractivity contribution in [2.45, 2.75) is 12.7 Å². The Bertz CT molecular complexity index is 863. The number of fused-ring (bicyclic) bond motifs is 1. The number of carbonyl (C=O) groups is 1. The second-order valence-electron chi connectivity index (χ2n) is 5.20. The van der Waals surface area contributed by atoms with Crippen LogP contribution in [0.5, 0.6) is 0 Å². The molecule has 0 saturated heterocycles. The van der Waals surface area contributed by atoms with Crippen molar-refractivity contribution in [1.29, 1.82) is 0 Å². The molecule has 0 fully saturated rings. The Morgan fingerprint density at radius 3 is 2.78 bits per heavy atom. The summed E-state index contributed by atoms with van der Waals surface area (Å²) < 4.78 is 40.2. The summed E-state index contributed by atoms with van der Waals surface area (Å²) in [4.78, 5) is 12.2. The van der Waals surface area contributed by atoms with Crippen LogP contribution >= 0.6 is 0 Å². The standard InChI is InChI=1S/C15H13F3N4O/c1-22-5-4-9(8-22)7-19-14(23)13-11-6-10(15(16,17)18)2-3-12(11)20-21-13/h2-6,8H,7H2,1H3,(H,19,23)(H,20,21). The molecule has 120 valence electrons. The number of nitrogens with zero attached hydrogens (tertiary/aromatic N) is 2. The molecule has 0 unspecified atom stereocenters. The number of benzene rings is 1. The van der Waals surface area contributed by atoms with E-state index in [1.807, 2.05) is 30.1 Å². The molecule has 0 bridgehead atoms. The highest BCUT2D eigenvalue weighted by Crippen LogP contribution is 2.31. The van der Waals surface area contributed by atoms with E-state index < -0.39 is 17.6 Å². The summed E-state index contributed by atoms with van der Waals surface area (Å²) >= 11 is 0. The number of carbonyl (C=O) groups excluding carboxylic acids is 1. The van der Waals surface area contributed by atoms with Crippen molar-refractivity contribution in [3.05, 3.63) is 53.5 Å². The summed E-state index contributed by atoms with van der Waals surface area (Å²) in [5.41, 5.74) is 0.394. The fourth-order valence-corrected chi connectivity index (χ4v) is 2.29. The SMILES string of the molecule is Cn1ccc(CNC(=O)c2n[nH]c3ccc(C(F)(F)F)cc23)c1. The second-order valence-corrected chi connectivity index (χ2v) is 5.20. The van der Waals surface area contributed by atoms with Gasteiger partial charge in [-0.3, -0.25) is 9.89 Å². The Labute approximate surface area is 129 Å². The molecule has 1 amide bonds. The Morgan fingerprint density at radius 1 is 1.35 bits per heavy atom. The van der Waals surface area contributed by atoms with Gasteiger partial charge < -0.3 is 9.88 Å². The molecule has 3 rings (SSSR count). The van der Waals surface area contributed by atoms with E-state index in [2.05, 4.69) is 15.5 Å². The van der Waals surface area contributed by atoms with Crippen molar-refractivity contribution < 1.29 is 18.0 Å². The van der Waals surface area contributed by atoms with Crippen LogP contribution in [0.4, 0.5) is 13.2 Å². The highest BCUT2D eigenvalue weighted by Gasteiger charge is 2.31. The average molecular weight is 322 g/mol. The van der Waals surface area contributed by atoms with Crippen molar-refractivity contribution in [3.8, 4) is 0 Å². The van der Waals surface area contributed by atoms with Gasteiger partial charge in [-0.15, -0.1) is 0 Å². The lowest BCUT2D eigenvalue weighted by atomic mass is 10.1. The van der Waals surface area contributed by atoms with Gasteiger partial charge in [0.25, 0.3) is 5.91 Å². The Hall–Kier alpha value is -2.77. The quantitative estimate of drug-likeness (QED) is 0.779. The van der Waals surface area contributed by atoms with Gasteiger partial charge in [0.2, 0.25) is 0 Å². The van der Waals surface area contributed by atoms with Crippen LogP contribution in [0.25, 0.3) is 10.9 Å². The number of H-pyrrole nitrogens is 1. The van der Waals surface area contributed by atoms with Gasteiger partial charge in [-0.2, -0.15) is 18.3 Å². The summed E-state index contributed by atoms with van der Waals surface area (Å²) in [6.45, 7) is 0.271. The first-order valence-corrected chi connectivity index (χ1v) is 6.79. The zero-order valence-corrected chi connectivity index (χ0v) is 12.1. The number of hydrogen-bond acceptors (Lipinski definition) is 2. The number of alkyl halides is 3. The molecule has 1 aromatic carbocycles. The van der Waals surface area contributed by atoms with Crippen LogP contribution in [0.1, 0.15) is 21.6 Å². The zero-order valence-electron chi connectivity index (χ0n) is 12.1. The van der Waals surface area contributed by atoms with Crippen LogP contribution in [0.2, 0.25) is 0 Å². The molecule has 0 saturated carbocycles. The number of hydrogen-bond donors (Lipinski definition) is 2. The lowest BCUT2D eigenvalue weighted by Gasteiger charge is -2.06. The van der Waals surface area contributed by atoms with Gasteiger partial charge in [-0.25, -0.2) is 0 Å². The van der Waals surface area contributed by atoms with Gasteiger partial charge >= 0.3 is 6.18 Å². The van der Waals surface area contributed by atoms with Crippen molar-refractivity contribution in [2.75, 3.05) is 0 Å². The first kappa shape index (κ1) is 15.1. The fraction of sp³-hybridized carbons (Fsp3) is 0.200. The van der Waals surface area contributed by atoms with E-state index in [0.717, 1.165) is 17.7 Å². The predicted octanol–water partition coefficient (Wildman–Crippen LogP) is 2.85. The third-order valence-electron chi connectivity index (χ3n) is 3.45. The molecule has 5 nitrogen and oxygen atoms in total. The molecular formula is C15H13F3N4O. The molecule has 0 spiro atoms. The first-order valence-electron chi connectivity index (χ1n) is 6.79. The molecule has 2 heterocycles. The highest BCUT2D eigenvalue weighted by atomic mass is 19.4. The third kappa shape index (κ3) is 3.05. The molecule has 0 aliphatic rings. The Morgan fingerprint density at radius 2 is 2.13 bits per heavy atom. The number of aryl methyl sites for hydroxylation is 1. The topological polar surface area (TPSA) is 62.7 Å². The van der Waals surface area contributed by atoms with Crippen LogP contribution in [-0.4, -0.2) is 20.7 Å². The minimum Gasteiger partial charge on any atom is -0.357 e. The van der Waals surface area contributed by atoms with Crippen molar-refractivity contribution >= 4 is 16.8 Å². The van der Waals surface area contributed by atoms with E-state index in [-0.39, 0.29) is 17.6 Å². The largest absolute Gasteiger partial charge is 0.416 e. The van der Waals surface area contributed by atoms with Crippen LogP contribution < -0.4 is 5.32 Å². The maximum atomic E-state index is 12.8. The lowest BCUT2D eigenvalue weighted by Crippen LogP contribution is -2.23. The second kappa shape index (κ2) is 5.45. The number of amides is 1. The van der Waals surface area contributed by atoms with Crippen molar-refractivity contribution in [1.82, 2.24) is 20.1 Å². The van der Waals surface area contributed by atoms with Crippen LogP contribution in [0, 0.1) is 0 Å². The summed E-state index contributed by atoms with van der Waals surface area (Å²) in [5.74, 6) is -0.528. The first-order chi connectivity index (χ1) is 10.8. The van der Waals surface area contributed by atoms with Crippen LogP contribution in [-0.2, 0) is 19.8 Å². The molecular weight excluding hydrogens is 309 g/mol. The van der Waals surface area contributed by atoms with Gasteiger partial charge in [-0.1, -0.05) is 0 Å². The molecule has 0 aliphatic heterocycles. The Kier molecular flexibility index (Phi) is 3.59. The van der Waals surface area contributed by atoms with Gasteiger partial charge in [0.05, 0.1) is 11.1 Å². The van der Waals surface area contributed by atoms with Crippen LogP contribution in [0.3, 0.4) is 0 Å². The summed E-state index contributed by atoms with van der Waals surface area (Å²) in [5, 5.41) is 9.19. The molecule has 23 heavy (non-hydrogen) atoms. The maximum absolute atomic E-state index is 12.8. The zero-order chi connectivity index (χ0) is 16.6. The van der Waals surface area contributed by atoms with Gasteiger partial charge in [0.15, 0.2) is 5.69 Å². The molecule has 2 N–H and O–H groups in total. The number of aromatic nitrogens is 3. The third-order valence-corrected chi connectivity index (χ3v) is 3.45. The number of nitrogens with one attached hydrogen (secondary N) is 2. The van der Waals surface area contributed by atoms with E-state index in [4.69, 9.17) is 0 Å². The Balaban J connectivity index is 1.85. The van der Waals surface area contributed by atoms with E-state index in [1.165, 1.54) is 6.07 Å². The van der Waals surface area contributed by atoms with Gasteiger partial charge in [0, 0.05) is 31.4 Å². The molecule has 0 radical (unpaired) electrons. The molecule has 2 aromatic heterocycles. The van der Waals surface area contributed by atoms with E-state index in [9.17, 15) is 18.0 Å². The molecule has 0 atom stereocenters. The summed E-state index contributed by atoms with van der Waals surface area (Å²) in [6.07, 6.45) is -0.797. The summed E-state index contributed by atoms with van der Waals surface area (Å²) in [6, 6.07) is 4.98. The monoisotopic (exact) mass is 322 g/mol. The highest BCUT2D eigenvalue weighted by molar-refractivity contribution is 6.04. The smallest absolute Gasteiger partial charge is 0.357 e. The van der Waals surface area contributed by atoms with Crippen LogP contribution in [0.15, 0.2) is 36.7 Å². The van der Waals surface area contributed by atoms with Gasteiger partial charge in [-0.05, 0) is 29.8 Å². The molecule has 3 aromatic rings. The van der Waals surface area contributed by atoms with E-state index >= 15 is 0 Å². The average Bonchev–Trinajstić information content (AvgIpc) is 3.09. The minimum atomic E-state index is -4.47. The lowest BCUT2D eigenvalue weighted by molar-refractivity contribution is -0.137. The summed E-state index contributed by atoms with van der Waals surface area (Å²) in [7, 11) is 1.85. The number of rotatable bonds is 3. The van der Waals surface area contributed by atoms with Gasteiger partial charge in [0.1, 0.15) is 0 Å². The predicted molar refractivity (Wildman–Crippen MR) is 77.7 cm³/mol.